The Kier molecular flexibility index (Phi) is 17.7. The second-order valence-corrected chi connectivity index (χ2v) is 3.22. The molecule has 0 aromatic heterocycles. The molecule has 0 radical (unpaired) electrons. The van der Waals surface area contributed by atoms with Crippen LogP contribution in [0.2, 0.25) is 0 Å². The van der Waals surface area contributed by atoms with Crippen LogP contribution in [0.15, 0.2) is 24.3 Å². The average molecular weight is 295 g/mol. The predicted octanol–water partition coefficient (Wildman–Crippen LogP) is 0.606. The molecule has 1 rings (SSSR count). The Morgan fingerprint density at radius 2 is 1.63 bits per heavy atom. The van der Waals surface area contributed by atoms with Gasteiger partial charge in [-0.2, -0.15) is 0 Å². The van der Waals surface area contributed by atoms with Crippen LogP contribution in [-0.2, 0) is 16.0 Å². The third-order valence-electron chi connectivity index (χ3n) is 1.71. The first-order valence-corrected chi connectivity index (χ1v) is 5.25. The number of phenols is 1. The molecule has 6 N–H and O–H groups in total. The molecule has 0 amide bonds. The highest BCUT2D eigenvalue weighted by Crippen LogP contribution is 2.10. The summed E-state index contributed by atoms with van der Waals surface area (Å²) in [7, 11) is 4.75. The molecular weight excluding hydrogens is 272 g/mol. The summed E-state index contributed by atoms with van der Waals surface area (Å²) >= 11 is 0. The number of carbonyl (C=O) groups is 1. The van der Waals surface area contributed by atoms with Crippen molar-refractivity contribution in [3.63, 3.8) is 0 Å². The van der Waals surface area contributed by atoms with Crippen LogP contribution in [-0.4, -0.2) is 43.5 Å². The number of phenolic OH excluding ortho intramolecular Hbond substituents is 1. The van der Waals surface area contributed by atoms with Gasteiger partial charge in [0.25, 0.3) is 0 Å². The fraction of sp³-hybridized carbons (Fsp3) is 0.417. The number of carboxylic acids is 1. The normalized spacial score (nSPS) is 9.74. The van der Waals surface area contributed by atoms with E-state index in [1.165, 1.54) is 19.2 Å². The van der Waals surface area contributed by atoms with Crippen LogP contribution in [0.1, 0.15) is 5.56 Å². The number of halogens is 1. The quantitative estimate of drug-likeness (QED) is 0.648. The molecule has 1 atom stereocenters. The molecule has 0 heterocycles. The number of hydrogen-bond acceptors (Lipinski definition) is 5. The highest BCUT2D eigenvalue weighted by atomic mass is 35.5. The van der Waals surface area contributed by atoms with Crippen molar-refractivity contribution in [3.05, 3.63) is 29.8 Å². The molecule has 0 spiro atoms. The Bertz CT molecular complexity index is 320. The number of ether oxygens (including phenoxy) is 1. The van der Waals surface area contributed by atoms with Crippen LogP contribution in [0.25, 0.3) is 0 Å². The molecule has 0 saturated heterocycles. The van der Waals surface area contributed by atoms with Crippen LogP contribution < -0.4 is 11.5 Å². The van der Waals surface area contributed by atoms with Crippen molar-refractivity contribution in [2.24, 2.45) is 11.5 Å². The lowest BCUT2D eigenvalue weighted by molar-refractivity contribution is -0.138. The van der Waals surface area contributed by atoms with Gasteiger partial charge in [-0.1, -0.05) is 12.1 Å². The number of hydrogen-bond donors (Lipinski definition) is 4. The van der Waals surface area contributed by atoms with Crippen molar-refractivity contribution in [2.75, 3.05) is 21.3 Å². The number of carboxylic acid groups (broad SMARTS) is 1. The summed E-state index contributed by atoms with van der Waals surface area (Å²) in [6.07, 6.45) is 0.273. The second kappa shape index (κ2) is 14.7. The van der Waals surface area contributed by atoms with E-state index in [0.717, 1.165) is 5.56 Å². The predicted molar refractivity (Wildman–Crippen MR) is 77.7 cm³/mol. The maximum Gasteiger partial charge on any atom is 0.320 e. The van der Waals surface area contributed by atoms with Gasteiger partial charge < -0.3 is 26.4 Å². The van der Waals surface area contributed by atoms with Crippen LogP contribution in [0.5, 0.6) is 5.75 Å². The molecule has 0 saturated carbocycles. The zero-order valence-electron chi connectivity index (χ0n) is 11.4. The summed E-state index contributed by atoms with van der Waals surface area (Å²) in [6, 6.07) is 5.42. The van der Waals surface area contributed by atoms with Crippen LogP contribution in [0.3, 0.4) is 0 Å². The van der Waals surface area contributed by atoms with Gasteiger partial charge in [-0.3, -0.25) is 4.79 Å². The molecule has 1 aromatic rings. The molecule has 0 aliphatic rings. The van der Waals surface area contributed by atoms with Gasteiger partial charge in [-0.15, -0.1) is 12.4 Å². The van der Waals surface area contributed by atoms with E-state index in [1.54, 1.807) is 26.4 Å². The summed E-state index contributed by atoms with van der Waals surface area (Å²) in [4.78, 5) is 10.4. The van der Waals surface area contributed by atoms with E-state index in [4.69, 9.17) is 15.9 Å². The zero-order valence-corrected chi connectivity index (χ0v) is 12.2. The summed E-state index contributed by atoms with van der Waals surface area (Å²) in [5.41, 5.74) is 10.6. The van der Waals surface area contributed by atoms with E-state index in [-0.39, 0.29) is 24.6 Å². The summed E-state index contributed by atoms with van der Waals surface area (Å²) < 4.78 is 4.25. The maximum absolute atomic E-state index is 10.4. The van der Waals surface area contributed by atoms with Crippen molar-refractivity contribution in [3.8, 4) is 5.75 Å². The van der Waals surface area contributed by atoms with Gasteiger partial charge in [0.05, 0.1) is 0 Å². The Morgan fingerprint density at radius 3 is 1.95 bits per heavy atom. The van der Waals surface area contributed by atoms with Gasteiger partial charge in [0.2, 0.25) is 0 Å². The molecule has 0 aliphatic heterocycles. The Labute approximate surface area is 119 Å². The van der Waals surface area contributed by atoms with Gasteiger partial charge in [0.1, 0.15) is 11.8 Å². The lowest BCUT2D eigenvalue weighted by atomic mass is 10.1. The van der Waals surface area contributed by atoms with Gasteiger partial charge in [0, 0.05) is 14.2 Å². The number of aliphatic carboxylic acids is 1. The Hall–Kier alpha value is -1.34. The molecule has 0 fully saturated rings. The molecule has 112 valence electrons. The van der Waals surface area contributed by atoms with Gasteiger partial charge in [-0.05, 0) is 31.2 Å². The third kappa shape index (κ3) is 12.9. The molecular formula is C12H23ClN2O4. The number of nitrogens with two attached hydrogens (primary N) is 2. The maximum atomic E-state index is 10.4. The Morgan fingerprint density at radius 1 is 1.26 bits per heavy atom. The van der Waals surface area contributed by atoms with Crippen LogP contribution in [0, 0.1) is 0 Å². The third-order valence-corrected chi connectivity index (χ3v) is 1.71. The van der Waals surface area contributed by atoms with Gasteiger partial charge in [-0.25, -0.2) is 0 Å². The molecule has 0 bridgehead atoms. The first-order valence-electron chi connectivity index (χ1n) is 5.25. The fourth-order valence-electron chi connectivity index (χ4n) is 0.973. The minimum absolute atomic E-state index is 0. The largest absolute Gasteiger partial charge is 0.508 e. The summed E-state index contributed by atoms with van der Waals surface area (Å²) in [5.74, 6) is -0.860. The van der Waals surface area contributed by atoms with Crippen molar-refractivity contribution in [2.45, 2.75) is 12.5 Å². The van der Waals surface area contributed by atoms with E-state index in [9.17, 15) is 4.79 Å². The first-order chi connectivity index (χ1) is 8.51. The van der Waals surface area contributed by atoms with E-state index >= 15 is 0 Å². The molecule has 0 aliphatic carbocycles. The molecule has 19 heavy (non-hydrogen) atoms. The monoisotopic (exact) mass is 294 g/mol. The highest BCUT2D eigenvalue weighted by molar-refractivity contribution is 5.85. The minimum Gasteiger partial charge on any atom is -0.508 e. The highest BCUT2D eigenvalue weighted by Gasteiger charge is 2.11. The number of aromatic hydroxyl groups is 1. The van der Waals surface area contributed by atoms with Gasteiger partial charge >= 0.3 is 5.97 Å². The second-order valence-electron chi connectivity index (χ2n) is 3.22. The molecule has 0 unspecified atom stereocenters. The Balaban J connectivity index is -0.000000376. The standard InChI is InChI=1S/C9H11NO3.C2H6O.CH5N.ClH/c10-8(9(12)13)5-6-1-3-7(11)4-2-6;1-3-2;1-2;/h1-4,8,11H,5,10H2,(H,12,13);1-2H3;2H2,1H3;1H/t8-;;;/m0.../s1. The van der Waals surface area contributed by atoms with Gasteiger partial charge in [0.15, 0.2) is 0 Å². The van der Waals surface area contributed by atoms with Crippen LogP contribution in [0.4, 0.5) is 0 Å². The van der Waals surface area contributed by atoms with E-state index in [0.29, 0.717) is 0 Å². The molecule has 7 heteroatoms. The number of benzene rings is 1. The van der Waals surface area contributed by atoms with Crippen molar-refractivity contribution in [1.82, 2.24) is 0 Å². The van der Waals surface area contributed by atoms with Crippen molar-refractivity contribution in [1.29, 1.82) is 0 Å². The van der Waals surface area contributed by atoms with E-state index in [2.05, 4.69) is 10.5 Å². The lowest BCUT2D eigenvalue weighted by Gasteiger charge is -2.05. The topological polar surface area (TPSA) is 119 Å². The van der Waals surface area contributed by atoms with E-state index in [1.807, 2.05) is 0 Å². The average Bonchev–Trinajstić information content (AvgIpc) is 2.35. The smallest absolute Gasteiger partial charge is 0.320 e. The fourth-order valence-corrected chi connectivity index (χ4v) is 0.973. The molecule has 6 nitrogen and oxygen atoms in total. The SMILES string of the molecule is CN.COC.Cl.N[C@@H](Cc1ccc(O)cc1)C(=O)O. The van der Waals surface area contributed by atoms with E-state index < -0.39 is 12.0 Å². The van der Waals surface area contributed by atoms with Crippen molar-refractivity contribution >= 4 is 18.4 Å². The van der Waals surface area contributed by atoms with Crippen LogP contribution >= 0.6 is 12.4 Å². The number of methoxy groups -OCH3 is 1. The summed E-state index contributed by atoms with van der Waals surface area (Å²) in [5, 5.41) is 17.5. The zero-order chi connectivity index (χ0) is 14.6. The summed E-state index contributed by atoms with van der Waals surface area (Å²) in [6.45, 7) is 0. The number of rotatable bonds is 3. The minimum atomic E-state index is -1.02. The molecule has 1 aromatic carbocycles. The van der Waals surface area contributed by atoms with Crippen molar-refractivity contribution < 1.29 is 19.7 Å². The first kappa shape index (κ1) is 22.8. The lowest BCUT2D eigenvalue weighted by Crippen LogP contribution is -2.32.